The third kappa shape index (κ3) is 10.6. The molecule has 2 nitrogen and oxygen atoms in total. The minimum atomic E-state index is -7.90. The number of hydrogen-bond acceptors (Lipinski definition) is 2. The summed E-state index contributed by atoms with van der Waals surface area (Å²) in [6.07, 6.45) is 0.982. The van der Waals surface area contributed by atoms with E-state index in [4.69, 9.17) is 9.47 Å². The summed E-state index contributed by atoms with van der Waals surface area (Å²) in [7, 11) is 0. The molecule has 1 aromatic rings. The van der Waals surface area contributed by atoms with Gasteiger partial charge in [0.15, 0.2) is 0 Å². The lowest BCUT2D eigenvalue weighted by atomic mass is 9.92. The Morgan fingerprint density at radius 3 is 1.72 bits per heavy atom. The number of rotatable bonds is 20. The number of hydrogen-bond donors (Lipinski definition) is 0. The minimum absolute atomic E-state index is 0.0111. The van der Waals surface area contributed by atoms with Crippen LogP contribution in [0.15, 0.2) is 61.2 Å². The van der Waals surface area contributed by atoms with E-state index in [0.29, 0.717) is 17.4 Å². The van der Waals surface area contributed by atoms with Crippen molar-refractivity contribution in [3.63, 3.8) is 0 Å². The summed E-state index contributed by atoms with van der Waals surface area (Å²) in [4.78, 5) is 0. The lowest BCUT2D eigenvalue weighted by molar-refractivity contribution is -0.440. The van der Waals surface area contributed by atoms with Crippen LogP contribution in [0.4, 0.5) is 57.1 Å². The number of alkyl halides is 13. The van der Waals surface area contributed by atoms with Gasteiger partial charge in [-0.2, -0.15) is 57.1 Å². The van der Waals surface area contributed by atoms with Crippen LogP contribution in [0.25, 0.3) is 0 Å². The SMILES string of the molecule is C=C[C@H](C)C/C=C/[C@H](C)C/C=C/[C@H](C)[C@@H](C)OCc1ccc(OCCCC(F)(F)C(F)(F)C(F)(F)C(F)(F)C(F)(F)C(F)(F)F)cc1. The molecule has 47 heavy (non-hydrogen) atoms. The number of halogens is 13. The van der Waals surface area contributed by atoms with E-state index in [2.05, 4.69) is 38.7 Å². The molecule has 0 bridgehead atoms. The first kappa shape index (κ1) is 42.3. The molecule has 0 saturated carbocycles. The summed E-state index contributed by atoms with van der Waals surface area (Å²) in [5, 5.41) is 0. The first-order valence-corrected chi connectivity index (χ1v) is 14.6. The van der Waals surface area contributed by atoms with E-state index in [1.165, 1.54) is 24.3 Å². The molecular formula is C32H39F13O2. The van der Waals surface area contributed by atoms with Gasteiger partial charge in [0.2, 0.25) is 0 Å². The van der Waals surface area contributed by atoms with Gasteiger partial charge in [-0.05, 0) is 61.6 Å². The standard InChI is InChI=1S/C32H39F13O2/c1-6-21(2)10-7-11-22(3)12-8-13-23(4)24(5)47-20-25-14-16-26(17-15-25)46-19-9-18-27(33,34)28(35,36)29(37,38)30(39,40)31(41,42)32(43,44)45/h6-8,11,13-17,21-24H,1,9-10,12,18-20H2,2-5H3/b11-7+,13-8+/t21-,22-,23-,24+/m0/s1. The molecule has 270 valence electrons. The minimum Gasteiger partial charge on any atom is -0.494 e. The predicted octanol–water partition coefficient (Wildman–Crippen LogP) is 11.5. The number of benzene rings is 1. The largest absolute Gasteiger partial charge is 0.494 e. The zero-order chi connectivity index (χ0) is 36.5. The van der Waals surface area contributed by atoms with Crippen molar-refractivity contribution in [2.45, 2.75) is 102 Å². The smallest absolute Gasteiger partial charge is 0.460 e. The van der Waals surface area contributed by atoms with Gasteiger partial charge in [-0.1, -0.05) is 63.3 Å². The normalized spacial score (nSPS) is 16.8. The van der Waals surface area contributed by atoms with Crippen molar-refractivity contribution in [2.75, 3.05) is 6.61 Å². The molecule has 0 fully saturated rings. The highest BCUT2D eigenvalue weighted by molar-refractivity contribution is 5.27. The molecule has 0 N–H and O–H groups in total. The zero-order valence-electron chi connectivity index (χ0n) is 26.2. The van der Waals surface area contributed by atoms with E-state index in [1.54, 1.807) is 0 Å². The first-order valence-electron chi connectivity index (χ1n) is 14.6. The topological polar surface area (TPSA) is 18.5 Å². The molecule has 1 aromatic carbocycles. The van der Waals surface area contributed by atoms with Gasteiger partial charge >= 0.3 is 35.8 Å². The van der Waals surface area contributed by atoms with Crippen molar-refractivity contribution in [1.29, 1.82) is 0 Å². The van der Waals surface area contributed by atoms with Gasteiger partial charge in [-0.3, -0.25) is 0 Å². The molecule has 1 rings (SSSR count). The molecule has 0 aliphatic carbocycles. The summed E-state index contributed by atoms with van der Waals surface area (Å²) in [5.74, 6) is -36.0. The van der Waals surface area contributed by atoms with Crippen LogP contribution in [0.2, 0.25) is 0 Å². The highest BCUT2D eigenvalue weighted by Crippen LogP contribution is 2.60. The van der Waals surface area contributed by atoms with Gasteiger partial charge in [-0.15, -0.1) is 6.58 Å². The van der Waals surface area contributed by atoms with Crippen LogP contribution in [0.3, 0.4) is 0 Å². The Bertz CT molecular complexity index is 1160. The molecule has 0 aliphatic heterocycles. The summed E-state index contributed by atoms with van der Waals surface area (Å²) in [6, 6.07) is 5.74. The highest BCUT2D eigenvalue weighted by atomic mass is 19.4. The Balaban J connectivity index is 2.63. The molecule has 0 saturated heterocycles. The maximum Gasteiger partial charge on any atom is 0.460 e. The van der Waals surface area contributed by atoms with E-state index >= 15 is 0 Å². The molecule has 15 heteroatoms. The Hall–Kier alpha value is -2.71. The average Bonchev–Trinajstić information content (AvgIpc) is 2.97. The molecule has 0 heterocycles. The van der Waals surface area contributed by atoms with Crippen LogP contribution in [0.5, 0.6) is 5.75 Å². The van der Waals surface area contributed by atoms with Crippen molar-refractivity contribution >= 4 is 0 Å². The predicted molar refractivity (Wildman–Crippen MR) is 151 cm³/mol. The van der Waals surface area contributed by atoms with Gasteiger partial charge in [0.25, 0.3) is 0 Å². The molecule has 0 radical (unpaired) electrons. The van der Waals surface area contributed by atoms with Crippen molar-refractivity contribution in [1.82, 2.24) is 0 Å². The van der Waals surface area contributed by atoms with Crippen LogP contribution >= 0.6 is 0 Å². The van der Waals surface area contributed by atoms with Crippen molar-refractivity contribution in [3.8, 4) is 5.75 Å². The monoisotopic (exact) mass is 702 g/mol. The first-order chi connectivity index (χ1) is 21.4. The third-order valence-corrected chi connectivity index (χ3v) is 7.40. The van der Waals surface area contributed by atoms with E-state index in [0.717, 1.165) is 12.8 Å². The van der Waals surface area contributed by atoms with Crippen molar-refractivity contribution in [2.24, 2.45) is 17.8 Å². The van der Waals surface area contributed by atoms with Crippen LogP contribution < -0.4 is 4.74 Å². The maximum absolute atomic E-state index is 13.9. The quantitative estimate of drug-likeness (QED) is 0.0765. The Kier molecular flexibility index (Phi) is 14.9. The summed E-state index contributed by atoms with van der Waals surface area (Å²) in [6.45, 7) is 11.1. The molecule has 4 atom stereocenters. The fourth-order valence-corrected chi connectivity index (χ4v) is 3.87. The number of allylic oxidation sites excluding steroid dienone is 4. The fraction of sp³-hybridized carbons (Fsp3) is 0.625. The van der Waals surface area contributed by atoms with Gasteiger partial charge < -0.3 is 9.47 Å². The third-order valence-electron chi connectivity index (χ3n) is 7.40. The van der Waals surface area contributed by atoms with E-state index in [9.17, 15) is 57.1 Å². The van der Waals surface area contributed by atoms with Gasteiger partial charge in [0.05, 0.1) is 19.3 Å². The summed E-state index contributed by atoms with van der Waals surface area (Å²) < 4.78 is 183. The zero-order valence-corrected chi connectivity index (χ0v) is 26.2. The highest BCUT2D eigenvalue weighted by Gasteiger charge is 2.90. The van der Waals surface area contributed by atoms with Crippen LogP contribution in [0, 0.1) is 17.8 Å². The van der Waals surface area contributed by atoms with Crippen molar-refractivity contribution in [3.05, 3.63) is 66.8 Å². The maximum atomic E-state index is 13.9. The second-order valence-electron chi connectivity index (χ2n) is 11.5. The summed E-state index contributed by atoms with van der Waals surface area (Å²) >= 11 is 0. The second-order valence-corrected chi connectivity index (χ2v) is 11.5. The molecule has 0 spiro atoms. The van der Waals surface area contributed by atoms with Crippen LogP contribution in [0.1, 0.15) is 58.9 Å². The van der Waals surface area contributed by atoms with E-state index in [1.807, 2.05) is 26.0 Å². The average molecular weight is 703 g/mol. The Labute approximate surface area is 265 Å². The van der Waals surface area contributed by atoms with E-state index < -0.39 is 55.2 Å². The fourth-order valence-electron chi connectivity index (χ4n) is 3.87. The molecule has 0 aliphatic rings. The molecule has 0 amide bonds. The van der Waals surface area contributed by atoms with Crippen molar-refractivity contribution < 1.29 is 66.5 Å². The molecule has 0 unspecified atom stereocenters. The second kappa shape index (κ2) is 16.6. The Morgan fingerprint density at radius 2 is 1.19 bits per heavy atom. The summed E-state index contributed by atoms with van der Waals surface area (Å²) in [5.41, 5.74) is 0.665. The van der Waals surface area contributed by atoms with Gasteiger partial charge in [0, 0.05) is 6.42 Å². The van der Waals surface area contributed by atoms with Gasteiger partial charge in [0.1, 0.15) is 5.75 Å². The number of ether oxygens (including phenoxy) is 2. The molecule has 0 aromatic heterocycles. The van der Waals surface area contributed by atoms with Gasteiger partial charge in [-0.25, -0.2) is 0 Å². The van der Waals surface area contributed by atoms with E-state index in [-0.39, 0.29) is 24.4 Å². The lowest BCUT2D eigenvalue weighted by Gasteiger charge is -2.39. The Morgan fingerprint density at radius 1 is 0.681 bits per heavy atom. The lowest BCUT2D eigenvalue weighted by Crippen LogP contribution is -2.70. The van der Waals surface area contributed by atoms with Crippen LogP contribution in [-0.2, 0) is 11.3 Å². The molecular weight excluding hydrogens is 663 g/mol. The van der Waals surface area contributed by atoms with Crippen LogP contribution in [-0.4, -0.2) is 48.5 Å².